The molecule has 0 radical (unpaired) electrons. The molecule has 1 atom stereocenters. The van der Waals surface area contributed by atoms with Gasteiger partial charge in [0, 0.05) is 18.9 Å². The molecule has 4 heteroatoms. The van der Waals surface area contributed by atoms with E-state index in [9.17, 15) is 0 Å². The molecule has 1 rings (SSSR count). The van der Waals surface area contributed by atoms with E-state index >= 15 is 0 Å². The summed E-state index contributed by atoms with van der Waals surface area (Å²) in [4.78, 5) is 7.23. The highest BCUT2D eigenvalue weighted by Gasteiger charge is 2.06. The van der Waals surface area contributed by atoms with Crippen molar-refractivity contribution in [3.05, 3.63) is 18.2 Å². The van der Waals surface area contributed by atoms with Gasteiger partial charge in [0.15, 0.2) is 0 Å². The first kappa shape index (κ1) is 8.62. The van der Waals surface area contributed by atoms with Gasteiger partial charge in [0.2, 0.25) is 0 Å². The number of H-pyrrole nitrogens is 1. The summed E-state index contributed by atoms with van der Waals surface area (Å²) in [5.41, 5.74) is 0. The maximum Gasteiger partial charge on any atom is 0.120 e. The molecule has 1 aromatic rings. The van der Waals surface area contributed by atoms with Crippen LogP contribution < -0.4 is 4.72 Å². The van der Waals surface area contributed by atoms with Crippen LogP contribution in [0.5, 0.6) is 0 Å². The standard InChI is InChI=1S/C7H13N3S/c1-3-10-11-6(2)7-8-4-5-9-7/h4-6,10H,3H2,1-2H3,(H,8,9). The minimum absolute atomic E-state index is 0.393. The van der Waals surface area contributed by atoms with E-state index in [-0.39, 0.29) is 0 Å². The van der Waals surface area contributed by atoms with E-state index < -0.39 is 0 Å². The van der Waals surface area contributed by atoms with Gasteiger partial charge in [0.05, 0.1) is 5.25 Å². The molecule has 3 nitrogen and oxygen atoms in total. The monoisotopic (exact) mass is 171 g/mol. The molecule has 0 fully saturated rings. The summed E-state index contributed by atoms with van der Waals surface area (Å²) in [7, 11) is 0. The van der Waals surface area contributed by atoms with E-state index in [4.69, 9.17) is 0 Å². The van der Waals surface area contributed by atoms with Crippen molar-refractivity contribution in [3.63, 3.8) is 0 Å². The maximum absolute atomic E-state index is 4.15. The number of imidazole rings is 1. The zero-order chi connectivity index (χ0) is 8.10. The Kier molecular flexibility index (Phi) is 3.45. The van der Waals surface area contributed by atoms with Crippen LogP contribution in [-0.2, 0) is 0 Å². The Balaban J connectivity index is 2.36. The Labute approximate surface area is 71.1 Å². The molecular formula is C7H13N3S. The summed E-state index contributed by atoms with van der Waals surface area (Å²) >= 11 is 1.69. The normalized spacial score (nSPS) is 13.3. The molecule has 0 amide bonds. The third kappa shape index (κ3) is 2.55. The lowest BCUT2D eigenvalue weighted by molar-refractivity contribution is 0.938. The minimum atomic E-state index is 0.393. The molecule has 11 heavy (non-hydrogen) atoms. The molecule has 0 saturated heterocycles. The number of rotatable bonds is 4. The van der Waals surface area contributed by atoms with Crippen molar-refractivity contribution in [1.82, 2.24) is 14.7 Å². The van der Waals surface area contributed by atoms with Crippen molar-refractivity contribution in [2.75, 3.05) is 6.54 Å². The van der Waals surface area contributed by atoms with Gasteiger partial charge < -0.3 is 4.98 Å². The van der Waals surface area contributed by atoms with Crippen LogP contribution in [0.25, 0.3) is 0 Å². The van der Waals surface area contributed by atoms with Crippen molar-refractivity contribution < 1.29 is 0 Å². The highest BCUT2D eigenvalue weighted by atomic mass is 32.2. The lowest BCUT2D eigenvalue weighted by Gasteiger charge is -2.06. The third-order valence-corrected chi connectivity index (χ3v) is 2.34. The third-order valence-electron chi connectivity index (χ3n) is 1.31. The van der Waals surface area contributed by atoms with E-state index in [1.165, 1.54) is 0 Å². The molecule has 0 bridgehead atoms. The summed E-state index contributed by atoms with van der Waals surface area (Å²) in [6, 6.07) is 0. The molecule has 1 aromatic heterocycles. The van der Waals surface area contributed by atoms with Crippen molar-refractivity contribution in [2.24, 2.45) is 0 Å². The lowest BCUT2D eigenvalue weighted by atomic mass is 10.5. The summed E-state index contributed by atoms with van der Waals surface area (Å²) in [5.74, 6) is 1.02. The van der Waals surface area contributed by atoms with Gasteiger partial charge >= 0.3 is 0 Å². The fourth-order valence-electron chi connectivity index (χ4n) is 0.764. The topological polar surface area (TPSA) is 40.7 Å². The number of hydrogen-bond acceptors (Lipinski definition) is 3. The number of nitrogens with zero attached hydrogens (tertiary/aromatic N) is 1. The first-order valence-corrected chi connectivity index (χ1v) is 4.60. The van der Waals surface area contributed by atoms with Gasteiger partial charge in [0.25, 0.3) is 0 Å². The Morgan fingerprint density at radius 1 is 1.82 bits per heavy atom. The molecule has 1 unspecified atom stereocenters. The zero-order valence-corrected chi connectivity index (χ0v) is 7.61. The van der Waals surface area contributed by atoms with Crippen LogP contribution in [0, 0.1) is 0 Å². The van der Waals surface area contributed by atoms with Gasteiger partial charge in [-0.3, -0.25) is 4.72 Å². The number of hydrogen-bond donors (Lipinski definition) is 2. The fraction of sp³-hybridized carbons (Fsp3) is 0.571. The Hall–Kier alpha value is -0.480. The second-order valence-corrected chi connectivity index (χ2v) is 3.46. The van der Waals surface area contributed by atoms with Crippen molar-refractivity contribution in [1.29, 1.82) is 0 Å². The average Bonchev–Trinajstić information content (AvgIpc) is 2.52. The van der Waals surface area contributed by atoms with E-state index in [2.05, 4.69) is 28.5 Å². The van der Waals surface area contributed by atoms with Gasteiger partial charge in [-0.05, 0) is 6.92 Å². The summed E-state index contributed by atoms with van der Waals surface area (Å²) < 4.78 is 3.19. The number of nitrogens with one attached hydrogen (secondary N) is 2. The van der Waals surface area contributed by atoms with Crippen molar-refractivity contribution in [2.45, 2.75) is 19.1 Å². The van der Waals surface area contributed by atoms with Crippen molar-refractivity contribution in [3.8, 4) is 0 Å². The SMILES string of the molecule is CCNSC(C)c1ncc[nH]1. The van der Waals surface area contributed by atoms with Gasteiger partial charge in [0.1, 0.15) is 5.82 Å². The molecule has 0 aliphatic heterocycles. The predicted molar refractivity (Wildman–Crippen MR) is 48.3 cm³/mol. The first-order chi connectivity index (χ1) is 5.34. The molecule has 0 saturated carbocycles. The Morgan fingerprint density at radius 3 is 3.18 bits per heavy atom. The summed E-state index contributed by atoms with van der Waals surface area (Å²) in [6.07, 6.45) is 3.62. The summed E-state index contributed by atoms with van der Waals surface area (Å²) in [5, 5.41) is 0.393. The van der Waals surface area contributed by atoms with Gasteiger partial charge in [-0.1, -0.05) is 18.9 Å². The van der Waals surface area contributed by atoms with Gasteiger partial charge in [-0.25, -0.2) is 4.98 Å². The van der Waals surface area contributed by atoms with E-state index in [0.717, 1.165) is 12.4 Å². The number of aromatic nitrogens is 2. The second-order valence-electron chi connectivity index (χ2n) is 2.23. The average molecular weight is 171 g/mol. The van der Waals surface area contributed by atoms with Crippen LogP contribution in [0.2, 0.25) is 0 Å². The molecule has 0 aliphatic rings. The fourth-order valence-corrected chi connectivity index (χ4v) is 1.42. The molecule has 0 aliphatic carbocycles. The highest BCUT2D eigenvalue weighted by Crippen LogP contribution is 2.21. The smallest absolute Gasteiger partial charge is 0.120 e. The van der Waals surface area contributed by atoms with E-state index in [1.54, 1.807) is 18.1 Å². The molecule has 1 heterocycles. The van der Waals surface area contributed by atoms with Gasteiger partial charge in [-0.2, -0.15) is 0 Å². The molecular weight excluding hydrogens is 158 g/mol. The maximum atomic E-state index is 4.15. The Morgan fingerprint density at radius 2 is 2.64 bits per heavy atom. The second kappa shape index (κ2) is 4.41. The zero-order valence-electron chi connectivity index (χ0n) is 6.79. The quantitative estimate of drug-likeness (QED) is 0.678. The highest BCUT2D eigenvalue weighted by molar-refractivity contribution is 7.97. The number of aromatic amines is 1. The van der Waals surface area contributed by atoms with Crippen LogP contribution in [0.3, 0.4) is 0 Å². The van der Waals surface area contributed by atoms with Crippen molar-refractivity contribution >= 4 is 11.9 Å². The molecule has 0 spiro atoms. The van der Waals surface area contributed by atoms with E-state index in [1.807, 2.05) is 6.20 Å². The Bertz CT molecular complexity index is 186. The first-order valence-electron chi connectivity index (χ1n) is 3.72. The minimum Gasteiger partial charge on any atom is -0.348 e. The van der Waals surface area contributed by atoms with Crippen LogP contribution >= 0.6 is 11.9 Å². The molecule has 0 aromatic carbocycles. The van der Waals surface area contributed by atoms with Crippen LogP contribution in [0.4, 0.5) is 0 Å². The van der Waals surface area contributed by atoms with E-state index in [0.29, 0.717) is 5.25 Å². The molecule has 62 valence electrons. The largest absolute Gasteiger partial charge is 0.348 e. The predicted octanol–water partition coefficient (Wildman–Crippen LogP) is 1.73. The van der Waals surface area contributed by atoms with Crippen LogP contribution in [0.1, 0.15) is 24.9 Å². The van der Waals surface area contributed by atoms with Gasteiger partial charge in [-0.15, -0.1) is 0 Å². The molecule has 2 N–H and O–H groups in total. The lowest BCUT2D eigenvalue weighted by Crippen LogP contribution is -2.05. The summed E-state index contributed by atoms with van der Waals surface area (Å²) in [6.45, 7) is 5.18. The van der Waals surface area contributed by atoms with Crippen LogP contribution in [-0.4, -0.2) is 16.5 Å². The van der Waals surface area contributed by atoms with Crippen LogP contribution in [0.15, 0.2) is 12.4 Å².